The highest BCUT2D eigenvalue weighted by Gasteiger charge is 2.33. The maximum atomic E-state index is 13.6. The summed E-state index contributed by atoms with van der Waals surface area (Å²) >= 11 is 0. The fraction of sp³-hybridized carbons (Fsp3) is 0.414. The van der Waals surface area contributed by atoms with Crippen LogP contribution >= 0.6 is 0 Å². The van der Waals surface area contributed by atoms with E-state index in [1.807, 2.05) is 18.2 Å². The highest BCUT2D eigenvalue weighted by atomic mass is 19.1. The molecule has 1 aromatic heterocycles. The number of aromatic amines is 1. The molecule has 0 bridgehead atoms. The van der Waals surface area contributed by atoms with E-state index in [2.05, 4.69) is 39.4 Å². The molecule has 0 spiro atoms. The van der Waals surface area contributed by atoms with E-state index in [4.69, 9.17) is 0 Å². The van der Waals surface area contributed by atoms with Gasteiger partial charge in [-0.1, -0.05) is 48.1 Å². The van der Waals surface area contributed by atoms with Gasteiger partial charge in [-0.25, -0.2) is 8.78 Å². The first-order chi connectivity index (χ1) is 16.6. The van der Waals surface area contributed by atoms with Crippen LogP contribution in [0.5, 0.6) is 0 Å². The first-order valence-corrected chi connectivity index (χ1v) is 12.5. The molecule has 5 heteroatoms. The molecule has 34 heavy (non-hydrogen) atoms. The number of halogens is 2. The van der Waals surface area contributed by atoms with E-state index < -0.39 is 0 Å². The van der Waals surface area contributed by atoms with E-state index in [1.54, 1.807) is 19.1 Å². The Morgan fingerprint density at radius 1 is 1.21 bits per heavy atom. The predicted octanol–water partition coefficient (Wildman–Crippen LogP) is 7.15. The number of aromatic nitrogens is 2. The third kappa shape index (κ3) is 6.63. The number of hydrogen-bond donors (Lipinski definition) is 1. The average Bonchev–Trinajstić information content (AvgIpc) is 3.17. The molecule has 2 aliphatic rings. The van der Waals surface area contributed by atoms with Gasteiger partial charge in [-0.3, -0.25) is 5.10 Å². The quantitative estimate of drug-likeness (QED) is 0.422. The molecule has 2 atom stereocenters. The standard InChI is InChI=1S/C29H35F2N3/c1-2-24(30)10-7-11-26-20-29(33-32-26)27-17-19-34(18-16-22-8-5-3-4-6-9-22)21-28(27)23-12-14-25(31)15-13-23/h2,5,7-10,12-15,20,27-28H,3-4,6,11,16-19,21H2,1H3,(H,32,33)/b10-7-,24-2?. The van der Waals surface area contributed by atoms with Crippen LogP contribution in [0.3, 0.4) is 0 Å². The van der Waals surface area contributed by atoms with Gasteiger partial charge in [-0.2, -0.15) is 5.10 Å². The van der Waals surface area contributed by atoms with Crippen LogP contribution in [0, 0.1) is 5.82 Å². The molecular formula is C29H35F2N3. The SMILES string of the molecule is CC=C(F)/C=C\Cc1cc(C2CCN(CCC3=CCCCC=C3)CC2c2ccc(F)cc2)n[nH]1. The number of benzene rings is 1. The van der Waals surface area contributed by atoms with Gasteiger partial charge in [0.2, 0.25) is 0 Å². The van der Waals surface area contributed by atoms with Crippen molar-refractivity contribution in [2.45, 2.75) is 57.3 Å². The van der Waals surface area contributed by atoms with Crippen LogP contribution < -0.4 is 0 Å². The average molecular weight is 464 g/mol. The fourth-order valence-electron chi connectivity index (χ4n) is 4.99. The maximum Gasteiger partial charge on any atom is 0.123 e. The molecule has 1 aromatic carbocycles. The Hall–Kier alpha value is -2.79. The minimum atomic E-state index is -0.237. The van der Waals surface area contributed by atoms with Crippen LogP contribution in [0.25, 0.3) is 0 Å². The Balaban J connectivity index is 1.47. The molecule has 1 saturated heterocycles. The van der Waals surface area contributed by atoms with Crippen molar-refractivity contribution in [3.05, 3.63) is 101 Å². The third-order valence-electron chi connectivity index (χ3n) is 6.95. The van der Waals surface area contributed by atoms with Crippen LogP contribution in [0.1, 0.15) is 67.8 Å². The second kappa shape index (κ2) is 12.1. The number of allylic oxidation sites excluding steroid dienone is 7. The highest BCUT2D eigenvalue weighted by Crippen LogP contribution is 2.39. The number of nitrogens with one attached hydrogen (secondary N) is 1. The van der Waals surface area contributed by atoms with Gasteiger partial charge in [0.1, 0.15) is 11.6 Å². The lowest BCUT2D eigenvalue weighted by molar-refractivity contribution is 0.190. The molecule has 1 fully saturated rings. The van der Waals surface area contributed by atoms with Crippen molar-refractivity contribution < 1.29 is 8.78 Å². The molecule has 0 amide bonds. The molecule has 2 unspecified atom stereocenters. The Kier molecular flexibility index (Phi) is 8.64. The second-order valence-electron chi connectivity index (χ2n) is 9.31. The second-order valence-corrected chi connectivity index (χ2v) is 9.31. The summed E-state index contributed by atoms with van der Waals surface area (Å²) in [5.41, 5.74) is 4.61. The summed E-state index contributed by atoms with van der Waals surface area (Å²) in [6.45, 7) is 4.67. The first-order valence-electron chi connectivity index (χ1n) is 12.5. The van der Waals surface area contributed by atoms with E-state index in [0.717, 1.165) is 49.4 Å². The number of piperidine rings is 1. The molecule has 1 aliphatic heterocycles. The van der Waals surface area contributed by atoms with Crippen LogP contribution in [-0.2, 0) is 6.42 Å². The first kappa shape index (κ1) is 24.3. The van der Waals surface area contributed by atoms with Gasteiger partial charge in [0.15, 0.2) is 0 Å². The van der Waals surface area contributed by atoms with Gasteiger partial charge < -0.3 is 4.90 Å². The zero-order valence-electron chi connectivity index (χ0n) is 20.0. The van der Waals surface area contributed by atoms with E-state index in [1.165, 1.54) is 37.0 Å². The van der Waals surface area contributed by atoms with Gasteiger partial charge in [-0.15, -0.1) is 0 Å². The Morgan fingerprint density at radius 2 is 2.06 bits per heavy atom. The third-order valence-corrected chi connectivity index (χ3v) is 6.95. The van der Waals surface area contributed by atoms with E-state index in [-0.39, 0.29) is 23.5 Å². The van der Waals surface area contributed by atoms with Crippen LogP contribution in [0.15, 0.2) is 78.2 Å². The lowest BCUT2D eigenvalue weighted by Gasteiger charge is -2.38. The summed E-state index contributed by atoms with van der Waals surface area (Å²) in [7, 11) is 0. The summed E-state index contributed by atoms with van der Waals surface area (Å²) in [4.78, 5) is 2.54. The minimum absolute atomic E-state index is 0.206. The van der Waals surface area contributed by atoms with Crippen molar-refractivity contribution >= 4 is 0 Å². The number of nitrogens with zero attached hydrogens (tertiary/aromatic N) is 2. The summed E-state index contributed by atoms with van der Waals surface area (Å²) in [5.74, 6) is 0.0703. The van der Waals surface area contributed by atoms with Gasteiger partial charge in [0.05, 0.1) is 5.69 Å². The van der Waals surface area contributed by atoms with Gasteiger partial charge >= 0.3 is 0 Å². The smallest absolute Gasteiger partial charge is 0.123 e. The van der Waals surface area contributed by atoms with Crippen molar-refractivity contribution in [2.24, 2.45) is 0 Å². The topological polar surface area (TPSA) is 31.9 Å². The van der Waals surface area contributed by atoms with E-state index in [9.17, 15) is 8.78 Å². The van der Waals surface area contributed by atoms with Gasteiger partial charge in [0.25, 0.3) is 0 Å². The zero-order chi connectivity index (χ0) is 23.8. The Bertz CT molecular complexity index is 1050. The molecule has 2 aromatic rings. The van der Waals surface area contributed by atoms with Gasteiger partial charge in [0, 0.05) is 37.0 Å². The Morgan fingerprint density at radius 3 is 2.88 bits per heavy atom. The van der Waals surface area contributed by atoms with Crippen LogP contribution in [0.2, 0.25) is 0 Å². The lowest BCUT2D eigenvalue weighted by Crippen LogP contribution is -2.39. The van der Waals surface area contributed by atoms with Crippen LogP contribution in [-0.4, -0.2) is 34.7 Å². The number of H-pyrrole nitrogens is 1. The van der Waals surface area contributed by atoms with Crippen molar-refractivity contribution in [1.82, 2.24) is 15.1 Å². The normalized spacial score (nSPS) is 22.2. The molecule has 180 valence electrons. The van der Waals surface area contributed by atoms with Crippen molar-refractivity contribution in [2.75, 3.05) is 19.6 Å². The van der Waals surface area contributed by atoms with Crippen LogP contribution in [0.4, 0.5) is 8.78 Å². The van der Waals surface area contributed by atoms with E-state index in [0.29, 0.717) is 6.42 Å². The molecule has 2 heterocycles. The molecule has 4 rings (SSSR count). The molecule has 3 nitrogen and oxygen atoms in total. The number of rotatable bonds is 8. The monoisotopic (exact) mass is 463 g/mol. The molecule has 0 radical (unpaired) electrons. The largest absolute Gasteiger partial charge is 0.302 e. The molecule has 1 N–H and O–H groups in total. The van der Waals surface area contributed by atoms with Gasteiger partial charge in [-0.05, 0) is 75.4 Å². The summed E-state index contributed by atoms with van der Waals surface area (Å²) in [6.07, 6.45) is 18.0. The minimum Gasteiger partial charge on any atom is -0.302 e. The molecule has 0 saturated carbocycles. The van der Waals surface area contributed by atoms with Crippen molar-refractivity contribution in [1.29, 1.82) is 0 Å². The zero-order valence-corrected chi connectivity index (χ0v) is 20.0. The maximum absolute atomic E-state index is 13.6. The fourth-order valence-corrected chi connectivity index (χ4v) is 4.99. The van der Waals surface area contributed by atoms with Crippen molar-refractivity contribution in [3.63, 3.8) is 0 Å². The number of hydrogen-bond acceptors (Lipinski definition) is 2. The number of likely N-dealkylation sites (tertiary alicyclic amines) is 1. The Labute approximate surface area is 202 Å². The predicted molar refractivity (Wildman–Crippen MR) is 135 cm³/mol. The highest BCUT2D eigenvalue weighted by molar-refractivity contribution is 5.29. The molecular weight excluding hydrogens is 428 g/mol. The summed E-state index contributed by atoms with van der Waals surface area (Å²) in [6, 6.07) is 9.06. The van der Waals surface area contributed by atoms with E-state index >= 15 is 0 Å². The van der Waals surface area contributed by atoms with Crippen molar-refractivity contribution in [3.8, 4) is 0 Å². The summed E-state index contributed by atoms with van der Waals surface area (Å²) < 4.78 is 27.0. The summed E-state index contributed by atoms with van der Waals surface area (Å²) in [5, 5.41) is 7.76. The lowest BCUT2D eigenvalue weighted by atomic mass is 9.78. The molecule has 1 aliphatic carbocycles.